The zero-order valence-electron chi connectivity index (χ0n) is 22.4. The van der Waals surface area contributed by atoms with Crippen molar-refractivity contribution in [1.29, 1.82) is 0 Å². The van der Waals surface area contributed by atoms with Gasteiger partial charge in [0, 0.05) is 36.6 Å². The molecule has 1 aliphatic heterocycles. The number of benzene rings is 3. The zero-order chi connectivity index (χ0) is 28.4. The molecule has 8 nitrogen and oxygen atoms in total. The SMILES string of the molecule is C=CC[C@]1(C(=O)NNCCc2cccc(Cl)c2)N=C(c2ccc(OCCCO)cc2)O[C@H]1c1cccc(OC)c1. The van der Waals surface area contributed by atoms with Crippen molar-refractivity contribution in [3.05, 3.63) is 107 Å². The first-order chi connectivity index (χ1) is 19.5. The number of hydrazine groups is 1. The highest BCUT2D eigenvalue weighted by Crippen LogP contribution is 2.43. The van der Waals surface area contributed by atoms with E-state index in [4.69, 9.17) is 35.9 Å². The summed E-state index contributed by atoms with van der Waals surface area (Å²) in [5.41, 5.74) is 7.07. The summed E-state index contributed by atoms with van der Waals surface area (Å²) in [6.07, 6.45) is 2.40. The van der Waals surface area contributed by atoms with Gasteiger partial charge >= 0.3 is 0 Å². The predicted molar refractivity (Wildman–Crippen MR) is 156 cm³/mol. The van der Waals surface area contributed by atoms with Crippen LogP contribution in [0.4, 0.5) is 0 Å². The number of carbonyl (C=O) groups excluding carboxylic acids is 1. The first kappa shape index (κ1) is 29.1. The molecule has 4 rings (SSSR count). The minimum absolute atomic E-state index is 0.0668. The fraction of sp³-hybridized carbons (Fsp3) is 0.290. The van der Waals surface area contributed by atoms with Crippen molar-refractivity contribution in [3.8, 4) is 11.5 Å². The number of amides is 1. The number of methoxy groups -OCH3 is 1. The van der Waals surface area contributed by atoms with Crippen molar-refractivity contribution >= 4 is 23.4 Å². The number of halogens is 1. The van der Waals surface area contributed by atoms with Crippen LogP contribution in [0.2, 0.25) is 5.02 Å². The van der Waals surface area contributed by atoms with E-state index in [0.717, 1.165) is 11.1 Å². The van der Waals surface area contributed by atoms with E-state index >= 15 is 0 Å². The fourth-order valence-electron chi connectivity index (χ4n) is 4.49. The lowest BCUT2D eigenvalue weighted by Crippen LogP contribution is -2.52. The number of aliphatic imine (C=N–C) groups is 1. The van der Waals surface area contributed by atoms with Gasteiger partial charge in [0.2, 0.25) is 5.90 Å². The van der Waals surface area contributed by atoms with Crippen molar-refractivity contribution in [2.24, 2.45) is 4.99 Å². The molecule has 0 saturated heterocycles. The number of aliphatic hydroxyl groups excluding tert-OH is 1. The topological polar surface area (TPSA) is 101 Å². The van der Waals surface area contributed by atoms with Crippen LogP contribution in [0.3, 0.4) is 0 Å². The summed E-state index contributed by atoms with van der Waals surface area (Å²) in [4.78, 5) is 18.7. The lowest BCUT2D eigenvalue weighted by atomic mass is 9.84. The molecule has 0 radical (unpaired) electrons. The Morgan fingerprint density at radius 3 is 2.67 bits per heavy atom. The molecule has 0 saturated carbocycles. The molecule has 0 aromatic heterocycles. The smallest absolute Gasteiger partial charge is 0.266 e. The zero-order valence-corrected chi connectivity index (χ0v) is 23.2. The molecule has 0 spiro atoms. The lowest BCUT2D eigenvalue weighted by molar-refractivity contribution is -0.129. The maximum absolute atomic E-state index is 13.8. The van der Waals surface area contributed by atoms with Gasteiger partial charge in [0.15, 0.2) is 11.6 Å². The largest absolute Gasteiger partial charge is 0.497 e. The van der Waals surface area contributed by atoms with Crippen molar-refractivity contribution in [2.45, 2.75) is 30.9 Å². The summed E-state index contributed by atoms with van der Waals surface area (Å²) >= 11 is 6.09. The van der Waals surface area contributed by atoms with Gasteiger partial charge in [0.25, 0.3) is 5.91 Å². The molecule has 2 atom stereocenters. The summed E-state index contributed by atoms with van der Waals surface area (Å²) < 4.78 is 17.5. The number of hydrogen-bond acceptors (Lipinski definition) is 7. The van der Waals surface area contributed by atoms with Crippen LogP contribution >= 0.6 is 11.6 Å². The average molecular weight is 564 g/mol. The van der Waals surface area contributed by atoms with E-state index in [1.165, 1.54) is 0 Å². The second-order valence-corrected chi connectivity index (χ2v) is 9.76. The summed E-state index contributed by atoms with van der Waals surface area (Å²) in [7, 11) is 1.59. The fourth-order valence-corrected chi connectivity index (χ4v) is 4.70. The monoisotopic (exact) mass is 563 g/mol. The predicted octanol–water partition coefficient (Wildman–Crippen LogP) is 4.81. The summed E-state index contributed by atoms with van der Waals surface area (Å²) in [5, 5.41) is 9.65. The summed E-state index contributed by atoms with van der Waals surface area (Å²) in [6.45, 7) is 4.88. The average Bonchev–Trinajstić information content (AvgIpc) is 3.36. The second kappa shape index (κ2) is 14.0. The van der Waals surface area contributed by atoms with E-state index in [2.05, 4.69) is 17.4 Å². The molecule has 0 unspecified atom stereocenters. The minimum atomic E-state index is -1.32. The Kier molecular flexibility index (Phi) is 10.2. The highest BCUT2D eigenvalue weighted by molar-refractivity contribution is 6.30. The molecule has 1 heterocycles. The van der Waals surface area contributed by atoms with Crippen LogP contribution in [0.5, 0.6) is 11.5 Å². The van der Waals surface area contributed by atoms with Crippen molar-refractivity contribution in [1.82, 2.24) is 10.9 Å². The third-order valence-corrected chi connectivity index (χ3v) is 6.75. The minimum Gasteiger partial charge on any atom is -0.497 e. The Morgan fingerprint density at radius 1 is 1.15 bits per heavy atom. The van der Waals surface area contributed by atoms with Crippen LogP contribution in [0.25, 0.3) is 0 Å². The first-order valence-corrected chi connectivity index (χ1v) is 13.5. The van der Waals surface area contributed by atoms with Crippen LogP contribution in [-0.4, -0.2) is 49.3 Å². The molecule has 3 aromatic rings. The van der Waals surface area contributed by atoms with Gasteiger partial charge in [-0.3, -0.25) is 10.2 Å². The molecule has 0 fully saturated rings. The van der Waals surface area contributed by atoms with Gasteiger partial charge in [-0.05, 0) is 66.1 Å². The van der Waals surface area contributed by atoms with Crippen molar-refractivity contribution < 1.29 is 24.1 Å². The van der Waals surface area contributed by atoms with Crippen LogP contribution in [-0.2, 0) is 16.0 Å². The number of ether oxygens (including phenoxy) is 3. The number of rotatable bonds is 14. The van der Waals surface area contributed by atoms with Crippen LogP contribution in [0.15, 0.2) is 90.4 Å². The van der Waals surface area contributed by atoms with E-state index < -0.39 is 11.6 Å². The van der Waals surface area contributed by atoms with Gasteiger partial charge in [0.1, 0.15) is 11.5 Å². The van der Waals surface area contributed by atoms with Crippen molar-refractivity contribution in [3.63, 3.8) is 0 Å². The Labute approximate surface area is 239 Å². The summed E-state index contributed by atoms with van der Waals surface area (Å²) in [5.74, 6) is 1.31. The highest BCUT2D eigenvalue weighted by Gasteiger charge is 2.52. The molecule has 3 N–H and O–H groups in total. The molecule has 3 aromatic carbocycles. The van der Waals surface area contributed by atoms with E-state index in [9.17, 15) is 4.79 Å². The Morgan fingerprint density at radius 2 is 1.95 bits per heavy atom. The summed E-state index contributed by atoms with van der Waals surface area (Å²) in [6, 6.07) is 22.3. The molecular weight excluding hydrogens is 530 g/mol. The van der Waals surface area contributed by atoms with Gasteiger partial charge in [0.05, 0.1) is 13.7 Å². The van der Waals surface area contributed by atoms with Gasteiger partial charge < -0.3 is 19.3 Å². The maximum Gasteiger partial charge on any atom is 0.266 e. The first-order valence-electron chi connectivity index (χ1n) is 13.1. The van der Waals surface area contributed by atoms with E-state index in [0.29, 0.717) is 54.0 Å². The molecule has 1 amide bonds. The van der Waals surface area contributed by atoms with E-state index in [1.54, 1.807) is 13.2 Å². The number of nitrogens with one attached hydrogen (secondary N) is 2. The second-order valence-electron chi connectivity index (χ2n) is 9.32. The quantitative estimate of drug-likeness (QED) is 0.148. The van der Waals surface area contributed by atoms with E-state index in [-0.39, 0.29) is 18.9 Å². The Bertz CT molecular complexity index is 1330. The third-order valence-electron chi connectivity index (χ3n) is 6.51. The molecular formula is C31H34ClN3O5. The van der Waals surface area contributed by atoms with Gasteiger partial charge in [-0.15, -0.1) is 6.58 Å². The molecule has 210 valence electrons. The number of aliphatic hydroxyl groups is 1. The lowest BCUT2D eigenvalue weighted by Gasteiger charge is -2.29. The number of hydrogen-bond donors (Lipinski definition) is 3. The van der Waals surface area contributed by atoms with Gasteiger partial charge in [-0.2, -0.15) is 0 Å². The molecule has 1 aliphatic rings. The van der Waals surface area contributed by atoms with Gasteiger partial charge in [-0.1, -0.05) is 41.9 Å². The van der Waals surface area contributed by atoms with Crippen LogP contribution < -0.4 is 20.3 Å². The Balaban J connectivity index is 1.58. The van der Waals surface area contributed by atoms with E-state index in [1.807, 2.05) is 72.8 Å². The van der Waals surface area contributed by atoms with Crippen molar-refractivity contribution in [2.75, 3.05) is 26.9 Å². The standard InChI is InChI=1S/C31H34ClN3O5/c1-3-16-31(30(37)35-33-17-15-22-7-4-9-25(32)20-22)28(24-8-5-10-27(21-24)38-2)40-29(34-31)23-11-13-26(14-12-23)39-19-6-18-36/h3-5,7-14,20-21,28,33,36H,1,6,15-19H2,2H3,(H,35,37)/t28-,31-/m0/s1. The third kappa shape index (κ3) is 7.01. The number of nitrogens with zero attached hydrogens (tertiary/aromatic N) is 1. The molecule has 40 heavy (non-hydrogen) atoms. The van der Waals surface area contributed by atoms with Crippen LogP contribution in [0.1, 0.15) is 35.6 Å². The molecule has 0 bridgehead atoms. The van der Waals surface area contributed by atoms with Gasteiger partial charge in [-0.25, -0.2) is 10.4 Å². The maximum atomic E-state index is 13.8. The Hall–Kier alpha value is -3.85. The number of carbonyl (C=O) groups is 1. The normalized spacial score (nSPS) is 18.0. The highest BCUT2D eigenvalue weighted by atomic mass is 35.5. The van der Waals surface area contributed by atoms with Crippen LogP contribution in [0, 0.1) is 0 Å². The molecule has 9 heteroatoms. The molecule has 0 aliphatic carbocycles.